The van der Waals surface area contributed by atoms with E-state index in [4.69, 9.17) is 42.6 Å². The molecule has 8 aliphatic heterocycles. The van der Waals surface area contributed by atoms with Crippen LogP contribution in [0.5, 0.6) is 0 Å². The molecule has 0 aromatic rings. The van der Waals surface area contributed by atoms with Crippen molar-refractivity contribution in [2.24, 2.45) is 17.8 Å². The maximum absolute atomic E-state index is 13.1. The van der Waals surface area contributed by atoms with Crippen LogP contribution >= 0.6 is 0 Å². The molecule has 378 valence electrons. The Kier molecular flexibility index (Phi) is 16.0. The minimum atomic E-state index is -1.86. The van der Waals surface area contributed by atoms with E-state index in [-0.39, 0.29) is 43.2 Å². The van der Waals surface area contributed by atoms with Crippen LogP contribution in [0.2, 0.25) is 0 Å². The SMILES string of the molecule is C=C1[C@@H](O)[C@@H]2O[C@]3(CC[C@H](C=C[C@@H](C)[C@@H]4CC(C)=C[C@@]5(O[C@H](C[C@@](C)(O)C(=O)OC/C(C)=C/C6OCCC6O)CC[C@H]5O)O4)O3)CC[C@H]2O[C@@H]1[C@@H](O)C[C@H](C)[C@H]1O[C@@]2(CCCCO2)CC[C@H]1C. The van der Waals surface area contributed by atoms with E-state index in [2.05, 4.69) is 33.4 Å². The van der Waals surface area contributed by atoms with Crippen LogP contribution < -0.4 is 0 Å². The molecular formula is C52H80O15. The molecule has 0 amide bonds. The molecule has 19 atom stereocenters. The van der Waals surface area contributed by atoms with Crippen molar-refractivity contribution in [1.29, 1.82) is 0 Å². The molecule has 5 N–H and O–H groups in total. The fourth-order valence-electron chi connectivity index (χ4n) is 12.0. The normalized spacial score (nSPS) is 44.1. The van der Waals surface area contributed by atoms with Crippen LogP contribution in [0.3, 0.4) is 0 Å². The summed E-state index contributed by atoms with van der Waals surface area (Å²) in [5.74, 6) is -3.35. The molecule has 0 aliphatic carbocycles. The second-order valence-corrected chi connectivity index (χ2v) is 21.8. The Labute approximate surface area is 397 Å². The highest BCUT2D eigenvalue weighted by Gasteiger charge is 2.55. The van der Waals surface area contributed by atoms with E-state index in [0.717, 1.165) is 50.7 Å². The third-order valence-corrected chi connectivity index (χ3v) is 16.0. The monoisotopic (exact) mass is 945 g/mol. The molecule has 0 aromatic carbocycles. The van der Waals surface area contributed by atoms with Crippen molar-refractivity contribution in [3.63, 3.8) is 0 Å². The van der Waals surface area contributed by atoms with E-state index in [1.165, 1.54) is 6.92 Å². The average Bonchev–Trinajstić information content (AvgIpc) is 3.89. The molecule has 2 unspecified atom stereocenters. The molecule has 0 saturated carbocycles. The van der Waals surface area contributed by atoms with Gasteiger partial charge in [-0.05, 0) is 114 Å². The summed E-state index contributed by atoms with van der Waals surface area (Å²) in [5, 5.41) is 55.9. The standard InChI is InChI=1S/C52H80O15/c1-30-24-41(65-52(27-30)43(55)13-12-37(64-52)28-49(7,58)48(57)60-29-31(2)25-42-38(53)17-23-59-42)32(3)10-11-36-15-20-51(63-36)21-16-40-47(67-51)44(56)35(6)46(62-40)39(54)26-34(5)45-33(4)14-19-50(66-45)18-8-9-22-61-50/h10-11,25,27,32-34,36-47,53-56,58H,6,8-9,12-24,26,28-29H2,1-5,7H3/b11-10?,31-25+/t32-,33-,34+,36+,37+,38?,39+,40-,41+,42?,43-,44-,45+,46+,47-,49-,50+,51-,52-/m1/s1. The van der Waals surface area contributed by atoms with Crippen molar-refractivity contribution in [1.82, 2.24) is 0 Å². The third kappa shape index (κ3) is 11.5. The van der Waals surface area contributed by atoms with Gasteiger partial charge in [0.05, 0.1) is 55.9 Å². The quantitative estimate of drug-likeness (QED) is 0.110. The second-order valence-electron chi connectivity index (χ2n) is 21.8. The van der Waals surface area contributed by atoms with Crippen LogP contribution in [-0.4, -0.2) is 148 Å². The van der Waals surface area contributed by atoms with Crippen molar-refractivity contribution in [3.8, 4) is 0 Å². The first-order valence-corrected chi connectivity index (χ1v) is 25.4. The largest absolute Gasteiger partial charge is 0.459 e. The van der Waals surface area contributed by atoms with Gasteiger partial charge < -0.3 is 68.2 Å². The number of carbonyl (C=O) groups is 1. The Morgan fingerprint density at radius 3 is 2.49 bits per heavy atom. The number of esters is 1. The third-order valence-electron chi connectivity index (χ3n) is 16.0. The van der Waals surface area contributed by atoms with Crippen LogP contribution in [0.15, 0.2) is 47.6 Å². The minimum absolute atomic E-state index is 0.0436. The predicted octanol–water partition coefficient (Wildman–Crippen LogP) is 5.77. The van der Waals surface area contributed by atoms with Gasteiger partial charge >= 0.3 is 5.97 Å². The Morgan fingerprint density at radius 2 is 1.75 bits per heavy atom. The van der Waals surface area contributed by atoms with Crippen molar-refractivity contribution in [2.45, 2.75) is 234 Å². The van der Waals surface area contributed by atoms with Crippen molar-refractivity contribution < 1.29 is 73.0 Å². The number of carbonyl (C=O) groups excluding carboxylic acids is 1. The number of rotatable bonds is 13. The van der Waals surface area contributed by atoms with E-state index in [0.29, 0.717) is 75.0 Å². The molecule has 15 nitrogen and oxygen atoms in total. The number of hydrogen-bond acceptors (Lipinski definition) is 15. The van der Waals surface area contributed by atoms with Crippen LogP contribution in [0, 0.1) is 17.8 Å². The summed E-state index contributed by atoms with van der Waals surface area (Å²) in [5.41, 5.74) is 0.253. The number of aliphatic hydroxyl groups is 5. The molecule has 7 saturated heterocycles. The summed E-state index contributed by atoms with van der Waals surface area (Å²) in [4.78, 5) is 13.1. The van der Waals surface area contributed by atoms with Crippen molar-refractivity contribution in [2.75, 3.05) is 19.8 Å². The fourth-order valence-corrected chi connectivity index (χ4v) is 12.0. The Balaban J connectivity index is 0.817. The molecule has 8 heterocycles. The van der Waals surface area contributed by atoms with E-state index >= 15 is 0 Å². The van der Waals surface area contributed by atoms with Gasteiger partial charge in [-0.1, -0.05) is 51.2 Å². The summed E-state index contributed by atoms with van der Waals surface area (Å²) in [7, 11) is 0. The van der Waals surface area contributed by atoms with Crippen molar-refractivity contribution >= 4 is 5.97 Å². The van der Waals surface area contributed by atoms with Crippen LogP contribution in [0.25, 0.3) is 0 Å². The van der Waals surface area contributed by atoms with Gasteiger partial charge in [-0.3, -0.25) is 0 Å². The van der Waals surface area contributed by atoms with E-state index in [1.807, 2.05) is 19.1 Å². The smallest absolute Gasteiger partial charge is 0.338 e. The Morgan fingerprint density at radius 1 is 0.970 bits per heavy atom. The van der Waals surface area contributed by atoms with Gasteiger partial charge in [0.2, 0.25) is 5.79 Å². The van der Waals surface area contributed by atoms with Gasteiger partial charge in [0, 0.05) is 38.0 Å². The zero-order valence-corrected chi connectivity index (χ0v) is 40.7. The van der Waals surface area contributed by atoms with Crippen LogP contribution in [0.1, 0.15) is 138 Å². The second kappa shape index (κ2) is 20.9. The lowest BCUT2D eigenvalue weighted by Gasteiger charge is -2.50. The van der Waals surface area contributed by atoms with E-state index in [1.54, 1.807) is 13.0 Å². The molecule has 8 aliphatic rings. The minimum Gasteiger partial charge on any atom is -0.459 e. The van der Waals surface area contributed by atoms with Gasteiger partial charge in [-0.2, -0.15) is 0 Å². The summed E-state index contributed by atoms with van der Waals surface area (Å²) in [6, 6.07) is 0. The average molecular weight is 945 g/mol. The highest BCUT2D eigenvalue weighted by molar-refractivity contribution is 5.78. The maximum Gasteiger partial charge on any atom is 0.338 e. The lowest BCUT2D eigenvalue weighted by molar-refractivity contribution is -0.321. The van der Waals surface area contributed by atoms with Gasteiger partial charge in [0.15, 0.2) is 17.2 Å². The van der Waals surface area contributed by atoms with Crippen LogP contribution in [0.4, 0.5) is 0 Å². The highest BCUT2D eigenvalue weighted by atomic mass is 16.7. The lowest BCUT2D eigenvalue weighted by Crippen LogP contribution is -2.60. The molecule has 0 radical (unpaired) electrons. The number of aliphatic hydroxyl groups excluding tert-OH is 4. The first-order valence-electron chi connectivity index (χ1n) is 25.4. The summed E-state index contributed by atoms with van der Waals surface area (Å²) in [6.45, 7) is 16.9. The molecule has 15 heteroatoms. The number of hydrogen-bond donors (Lipinski definition) is 5. The van der Waals surface area contributed by atoms with Gasteiger partial charge in [0.1, 0.15) is 37.1 Å². The molecular weight excluding hydrogens is 865 g/mol. The zero-order valence-electron chi connectivity index (χ0n) is 40.7. The number of ether oxygens (including phenoxy) is 9. The first kappa shape index (κ1) is 51.3. The zero-order chi connectivity index (χ0) is 47.9. The predicted molar refractivity (Wildman–Crippen MR) is 245 cm³/mol. The molecule has 0 aromatic heterocycles. The van der Waals surface area contributed by atoms with Crippen LogP contribution in [-0.2, 0) is 47.4 Å². The molecule has 0 bridgehead atoms. The van der Waals surface area contributed by atoms with Gasteiger partial charge in [-0.15, -0.1) is 0 Å². The maximum atomic E-state index is 13.1. The molecule has 7 fully saturated rings. The summed E-state index contributed by atoms with van der Waals surface area (Å²) < 4.78 is 56.7. The fraction of sp³-hybridized carbons (Fsp3) is 0.827. The molecule has 3 spiro atoms. The Bertz CT molecular complexity index is 1820. The summed E-state index contributed by atoms with van der Waals surface area (Å²) in [6.07, 6.45) is 10.6. The van der Waals surface area contributed by atoms with E-state index < -0.39 is 83.9 Å². The first-order chi connectivity index (χ1) is 31.8. The lowest BCUT2D eigenvalue weighted by atomic mass is 9.79. The van der Waals surface area contributed by atoms with Gasteiger partial charge in [-0.25, -0.2) is 4.79 Å². The highest BCUT2D eigenvalue weighted by Crippen LogP contribution is 2.48. The Hall–Kier alpha value is -2.09. The molecule has 67 heavy (non-hydrogen) atoms. The van der Waals surface area contributed by atoms with E-state index in [9.17, 15) is 30.3 Å². The van der Waals surface area contributed by atoms with Crippen molar-refractivity contribution in [3.05, 3.63) is 47.6 Å². The topological polar surface area (TPSA) is 201 Å². The van der Waals surface area contributed by atoms with Gasteiger partial charge in [0.25, 0.3) is 0 Å². The molecule has 8 rings (SSSR count). The number of fused-ring (bicyclic) bond motifs is 1. The summed E-state index contributed by atoms with van der Waals surface area (Å²) >= 11 is 0.